The first kappa shape index (κ1) is 79.1. The highest BCUT2D eigenvalue weighted by atomic mass is 32.1. The summed E-state index contributed by atoms with van der Waals surface area (Å²) < 4.78 is 53.7. The number of carboxylic acid groups (broad SMARTS) is 3. The number of benzene rings is 8. The van der Waals surface area contributed by atoms with Crippen molar-refractivity contribution in [3.8, 4) is 0 Å². The van der Waals surface area contributed by atoms with Crippen LogP contribution in [0.15, 0.2) is 194 Å². The van der Waals surface area contributed by atoms with Crippen molar-refractivity contribution in [1.82, 2.24) is 0 Å². The third-order valence-electron chi connectivity index (χ3n) is 11.1. The molecule has 3 N–H and O–H groups in total. The first-order valence-electron chi connectivity index (χ1n) is 27.9. The number of rotatable bonds is 16. The van der Waals surface area contributed by atoms with Crippen LogP contribution >= 0.6 is 50.5 Å². The second-order valence-electron chi connectivity index (χ2n) is 16.7. The maximum absolute atomic E-state index is 13.7. The van der Waals surface area contributed by atoms with Crippen LogP contribution in [0.3, 0.4) is 0 Å². The van der Waals surface area contributed by atoms with Crippen molar-refractivity contribution in [3.05, 3.63) is 284 Å². The van der Waals surface area contributed by atoms with Gasteiger partial charge < -0.3 is 15.3 Å². The van der Waals surface area contributed by atoms with E-state index in [1.54, 1.807) is 121 Å². The molecule has 0 aromatic heterocycles. The average Bonchev–Trinajstić information content (AvgIpc) is 3.37. The number of carboxylic acids is 3. The van der Waals surface area contributed by atoms with E-state index in [9.17, 15) is 51.7 Å². The number of hydrogen-bond donors (Lipinski definition) is 7. The number of halogens is 4. The first-order chi connectivity index (χ1) is 42.0. The quantitative estimate of drug-likeness (QED) is 0.0126. The molecule has 0 aliphatic rings. The Bertz CT molecular complexity index is 3230. The summed E-state index contributed by atoms with van der Waals surface area (Å²) in [6, 6.07) is 54.1. The zero-order chi connectivity index (χ0) is 65.7. The fourth-order valence-electron chi connectivity index (χ4n) is 6.95. The maximum Gasteiger partial charge on any atom is 0.336 e. The molecule has 16 heteroatoms. The van der Waals surface area contributed by atoms with E-state index in [1.165, 1.54) is 36.4 Å². The van der Waals surface area contributed by atoms with Crippen molar-refractivity contribution >= 4 is 104 Å². The molecule has 0 aliphatic carbocycles. The zero-order valence-electron chi connectivity index (χ0n) is 50.1. The van der Waals surface area contributed by atoms with Crippen LogP contribution in [-0.2, 0) is 50.2 Å². The Morgan fingerprint density at radius 1 is 0.368 bits per heavy atom. The number of carbonyl (C=O) groups excluding carboxylic acids is 2. The molecule has 0 atom stereocenters. The van der Waals surface area contributed by atoms with Crippen LogP contribution in [0, 0.1) is 23.3 Å². The van der Waals surface area contributed by atoms with Crippen molar-refractivity contribution in [2.24, 2.45) is 0 Å². The Hall–Kier alpha value is -7.89. The van der Waals surface area contributed by atoms with Gasteiger partial charge in [-0.3, -0.25) is 14.4 Å². The van der Waals surface area contributed by atoms with Gasteiger partial charge in [0.1, 0.15) is 29.6 Å². The normalized spacial score (nSPS) is 9.93. The van der Waals surface area contributed by atoms with E-state index in [0.29, 0.717) is 90.5 Å². The minimum absolute atomic E-state index is 0.00590. The third kappa shape index (κ3) is 30.3. The highest BCUT2D eigenvalue weighted by molar-refractivity contribution is 7.79. The lowest BCUT2D eigenvalue weighted by atomic mass is 10.0. The summed E-state index contributed by atoms with van der Waals surface area (Å²) >= 11 is 16.0. The molecule has 8 rings (SSSR count). The van der Waals surface area contributed by atoms with Crippen molar-refractivity contribution in [2.75, 3.05) is 0 Å². The molecule has 462 valence electrons. The van der Waals surface area contributed by atoms with Crippen molar-refractivity contribution in [1.29, 1.82) is 0 Å². The second kappa shape index (κ2) is 47.3. The molecule has 0 radical (unpaired) electrons. The first-order valence-corrected chi connectivity index (χ1v) is 30.4. The molecule has 8 aromatic carbocycles. The van der Waals surface area contributed by atoms with Crippen LogP contribution in [0.25, 0.3) is 23.3 Å². The largest absolute Gasteiger partial charge is 0.481 e. The minimum Gasteiger partial charge on any atom is -0.481 e. The van der Waals surface area contributed by atoms with Gasteiger partial charge in [-0.2, -0.15) is 50.5 Å². The fourth-order valence-corrected chi connectivity index (χ4v) is 7.97. The van der Waals surface area contributed by atoms with E-state index >= 15 is 0 Å². The molecular weight excluding hydrogens is 1190 g/mol. The van der Waals surface area contributed by atoms with E-state index in [1.807, 2.05) is 104 Å². The highest BCUT2D eigenvalue weighted by Crippen LogP contribution is 2.23. The Labute approximate surface area is 532 Å². The molecule has 0 heterocycles. The van der Waals surface area contributed by atoms with Crippen LogP contribution in [0.1, 0.15) is 132 Å². The summed E-state index contributed by atoms with van der Waals surface area (Å²) in [7, 11) is 0. The van der Waals surface area contributed by atoms with E-state index in [0.717, 1.165) is 5.56 Å². The monoisotopic (exact) mass is 1260 g/mol. The number of Topliss-reactive ketones (excluding diaryl/α,β-unsaturated/α-hetero) is 1. The lowest BCUT2D eigenvalue weighted by Crippen LogP contribution is -2.04. The molecule has 8 nitrogen and oxygen atoms in total. The molecule has 0 spiro atoms. The molecule has 0 amide bonds. The fraction of sp³-hybridized carbons (Fsp3) is 0.197. The standard InChI is InChI=1S/2C16H13FO2S.C15H13FOS.C8H7FOS.C8H8O2.4C2H6/c2*17-15-9-11(6-7-13(15)10-20)8-14(16(18)19)12-4-2-1-3-5-12;16-14-8-11(6-7-13(14)10-18)9-15(17)12-4-2-1-3-5-12;9-8-3-6(4-10)1-2-7(8)5-11;9-8(10)6-7-4-2-1-3-5-7;4*1-2/h2*1-9,20H,10H2,(H,18,19);1-8,18H,9-10H2;1-4,11H,5H2;1-5H,6H2,(H,9,10);4*1-2H3/b2*14-8+;;;;;;;. The van der Waals surface area contributed by atoms with Gasteiger partial charge in [0.2, 0.25) is 0 Å². The zero-order valence-corrected chi connectivity index (χ0v) is 53.7. The predicted molar refractivity (Wildman–Crippen MR) is 363 cm³/mol. The predicted octanol–water partition coefficient (Wildman–Crippen LogP) is 18.9. The lowest BCUT2D eigenvalue weighted by molar-refractivity contribution is -0.136. The number of aldehydes is 1. The SMILES string of the molecule is CC.CC.CC.CC.O=C(Cc1ccc(CS)c(F)c1)c1ccccc1.O=C(O)/C(=C/c1ccc(CS)c(F)c1)c1ccccc1.O=C(O)/C(=C/c1ccc(CS)c(F)c1)c1ccccc1.O=C(O)Cc1ccccc1.O=Cc1ccc(CS)c(F)c1. The van der Waals surface area contributed by atoms with Gasteiger partial charge in [0, 0.05) is 40.6 Å². The maximum atomic E-state index is 13.7. The van der Waals surface area contributed by atoms with E-state index in [4.69, 9.17) is 5.11 Å². The molecule has 87 heavy (non-hydrogen) atoms. The number of thiol groups is 4. The van der Waals surface area contributed by atoms with Crippen LogP contribution < -0.4 is 0 Å². The van der Waals surface area contributed by atoms with Crippen LogP contribution in [0.4, 0.5) is 17.6 Å². The van der Waals surface area contributed by atoms with Gasteiger partial charge >= 0.3 is 17.9 Å². The number of carbonyl (C=O) groups is 5. The van der Waals surface area contributed by atoms with Crippen LogP contribution in [-0.4, -0.2) is 45.3 Å². The third-order valence-corrected chi connectivity index (χ3v) is 12.4. The summed E-state index contributed by atoms with van der Waals surface area (Å²) in [4.78, 5) is 55.0. The summed E-state index contributed by atoms with van der Waals surface area (Å²) in [5.74, 6) is -3.00. The van der Waals surface area contributed by atoms with Crippen molar-refractivity contribution in [3.63, 3.8) is 0 Å². The van der Waals surface area contributed by atoms with E-state index in [-0.39, 0.29) is 53.0 Å². The van der Waals surface area contributed by atoms with Gasteiger partial charge in [-0.25, -0.2) is 27.2 Å². The van der Waals surface area contributed by atoms with Gasteiger partial charge in [-0.1, -0.05) is 225 Å². The Morgan fingerprint density at radius 3 is 0.966 bits per heavy atom. The van der Waals surface area contributed by atoms with E-state index in [2.05, 4.69) is 50.5 Å². The summed E-state index contributed by atoms with van der Waals surface area (Å²) in [5, 5.41) is 26.9. The van der Waals surface area contributed by atoms with Gasteiger partial charge in [-0.15, -0.1) is 0 Å². The van der Waals surface area contributed by atoms with Crippen molar-refractivity contribution in [2.45, 2.75) is 91.2 Å². The Kier molecular flexibility index (Phi) is 43.0. The summed E-state index contributed by atoms with van der Waals surface area (Å²) in [6.07, 6.45) is 3.87. The Balaban J connectivity index is 0.00000105. The molecule has 0 fully saturated rings. The number of ketones is 1. The van der Waals surface area contributed by atoms with E-state index < -0.39 is 17.9 Å². The molecule has 0 aliphatic heterocycles. The summed E-state index contributed by atoms with van der Waals surface area (Å²) in [5.41, 5.74) is 7.01. The molecule has 0 bridgehead atoms. The molecular formula is C71H78F4O8S4. The topological polar surface area (TPSA) is 146 Å². The lowest BCUT2D eigenvalue weighted by Gasteiger charge is -2.04. The average molecular weight is 1260 g/mol. The Morgan fingerprint density at radius 2 is 0.667 bits per heavy atom. The molecule has 0 unspecified atom stereocenters. The molecule has 8 aromatic rings. The van der Waals surface area contributed by atoms with Gasteiger partial charge in [0.25, 0.3) is 0 Å². The van der Waals surface area contributed by atoms with Crippen LogP contribution in [0.5, 0.6) is 0 Å². The van der Waals surface area contributed by atoms with Gasteiger partial charge in [-0.05, 0) is 92.1 Å². The van der Waals surface area contributed by atoms with Gasteiger partial charge in [0.15, 0.2) is 5.78 Å². The second-order valence-corrected chi connectivity index (χ2v) is 18.0. The number of hydrogen-bond acceptors (Lipinski definition) is 9. The number of aliphatic carboxylic acids is 3. The highest BCUT2D eigenvalue weighted by Gasteiger charge is 2.13. The van der Waals surface area contributed by atoms with Gasteiger partial charge in [0.05, 0.1) is 17.6 Å². The minimum atomic E-state index is -1.05. The summed E-state index contributed by atoms with van der Waals surface area (Å²) in [6.45, 7) is 16.0. The van der Waals surface area contributed by atoms with Crippen LogP contribution in [0.2, 0.25) is 0 Å². The smallest absolute Gasteiger partial charge is 0.336 e. The molecule has 0 saturated carbocycles. The van der Waals surface area contributed by atoms with Crippen molar-refractivity contribution < 1.29 is 56.9 Å². The molecule has 0 saturated heterocycles.